The van der Waals surface area contributed by atoms with E-state index in [1.807, 2.05) is 18.2 Å². The van der Waals surface area contributed by atoms with Crippen LogP contribution >= 0.6 is 15.9 Å². The highest BCUT2D eigenvalue weighted by atomic mass is 79.9. The number of benzene rings is 2. The molecule has 0 heterocycles. The van der Waals surface area contributed by atoms with Crippen molar-refractivity contribution in [3.8, 4) is 0 Å². The number of amides is 1. The van der Waals surface area contributed by atoms with Crippen molar-refractivity contribution in [2.75, 3.05) is 5.73 Å². The summed E-state index contributed by atoms with van der Waals surface area (Å²) in [6.45, 7) is 0.300. The molecule has 0 fully saturated rings. The molecule has 0 atom stereocenters. The van der Waals surface area contributed by atoms with Crippen molar-refractivity contribution < 1.29 is 9.18 Å². The molecule has 0 bridgehead atoms. The summed E-state index contributed by atoms with van der Waals surface area (Å²) in [4.78, 5) is 12.0. The largest absolute Gasteiger partial charge is 0.398 e. The quantitative estimate of drug-likeness (QED) is 0.853. The van der Waals surface area contributed by atoms with Gasteiger partial charge in [0.25, 0.3) is 5.91 Å². The molecule has 0 saturated heterocycles. The Hall–Kier alpha value is -1.88. The van der Waals surface area contributed by atoms with Crippen molar-refractivity contribution >= 4 is 27.5 Å². The molecule has 19 heavy (non-hydrogen) atoms. The van der Waals surface area contributed by atoms with E-state index in [1.165, 1.54) is 12.1 Å². The van der Waals surface area contributed by atoms with E-state index in [1.54, 1.807) is 12.1 Å². The van der Waals surface area contributed by atoms with Crippen LogP contribution in [0.15, 0.2) is 46.9 Å². The molecule has 0 unspecified atom stereocenters. The lowest BCUT2D eigenvalue weighted by Crippen LogP contribution is -2.23. The lowest BCUT2D eigenvalue weighted by molar-refractivity contribution is 0.0949. The molecule has 0 aliphatic rings. The summed E-state index contributed by atoms with van der Waals surface area (Å²) in [7, 11) is 0. The van der Waals surface area contributed by atoms with Crippen LogP contribution in [0, 0.1) is 5.82 Å². The predicted molar refractivity (Wildman–Crippen MR) is 76.1 cm³/mol. The Labute approximate surface area is 118 Å². The molecule has 0 spiro atoms. The van der Waals surface area contributed by atoms with Crippen molar-refractivity contribution in [3.63, 3.8) is 0 Å². The van der Waals surface area contributed by atoms with E-state index in [2.05, 4.69) is 21.2 Å². The van der Waals surface area contributed by atoms with E-state index < -0.39 is 5.82 Å². The maximum absolute atomic E-state index is 13.3. The third-order valence-corrected chi connectivity index (χ3v) is 3.50. The summed E-state index contributed by atoms with van der Waals surface area (Å²) < 4.78 is 13.5. The number of anilines is 1. The van der Waals surface area contributed by atoms with Gasteiger partial charge in [-0.3, -0.25) is 4.79 Å². The molecule has 0 radical (unpaired) electrons. The number of nitrogen functional groups attached to an aromatic ring is 1. The molecule has 0 aliphatic heterocycles. The molecule has 1 amide bonds. The highest BCUT2D eigenvalue weighted by molar-refractivity contribution is 9.10. The van der Waals surface area contributed by atoms with Crippen molar-refractivity contribution in [1.82, 2.24) is 5.32 Å². The van der Waals surface area contributed by atoms with Gasteiger partial charge in [-0.05, 0) is 39.7 Å². The number of para-hydroxylation sites is 1. The fourth-order valence-electron chi connectivity index (χ4n) is 1.65. The van der Waals surface area contributed by atoms with Gasteiger partial charge in [-0.25, -0.2) is 4.39 Å². The average Bonchev–Trinajstić information content (AvgIpc) is 2.40. The van der Waals surface area contributed by atoms with Crippen LogP contribution in [0.2, 0.25) is 0 Å². The minimum Gasteiger partial charge on any atom is -0.398 e. The first kappa shape index (κ1) is 13.5. The average molecular weight is 323 g/mol. The molecular formula is C14H12BrFN2O. The van der Waals surface area contributed by atoms with Crippen molar-refractivity contribution in [2.24, 2.45) is 0 Å². The van der Waals surface area contributed by atoms with Gasteiger partial charge in [-0.2, -0.15) is 0 Å². The van der Waals surface area contributed by atoms with Gasteiger partial charge in [0.05, 0.1) is 10.0 Å². The Kier molecular flexibility index (Phi) is 4.16. The van der Waals surface area contributed by atoms with E-state index >= 15 is 0 Å². The van der Waals surface area contributed by atoms with Crippen LogP contribution in [-0.2, 0) is 6.54 Å². The Morgan fingerprint density at radius 1 is 1.21 bits per heavy atom. The number of nitrogens with two attached hydrogens (primary N) is 1. The Morgan fingerprint density at radius 3 is 2.68 bits per heavy atom. The summed E-state index contributed by atoms with van der Waals surface area (Å²) in [5, 5.41) is 2.71. The second-order valence-electron chi connectivity index (χ2n) is 3.98. The minimum atomic E-state index is -0.466. The van der Waals surface area contributed by atoms with Crippen LogP contribution in [-0.4, -0.2) is 5.91 Å². The smallest absolute Gasteiger partial charge is 0.252 e. The number of carbonyl (C=O) groups excluding carboxylic acids is 1. The molecular weight excluding hydrogens is 311 g/mol. The van der Waals surface area contributed by atoms with Gasteiger partial charge >= 0.3 is 0 Å². The van der Waals surface area contributed by atoms with Gasteiger partial charge in [-0.15, -0.1) is 0 Å². The van der Waals surface area contributed by atoms with Gasteiger partial charge in [0, 0.05) is 12.2 Å². The Bertz CT molecular complexity index is 616. The zero-order chi connectivity index (χ0) is 13.8. The van der Waals surface area contributed by atoms with Crippen LogP contribution in [0.1, 0.15) is 15.9 Å². The number of halogens is 2. The normalized spacial score (nSPS) is 10.2. The van der Waals surface area contributed by atoms with Gasteiger partial charge in [-0.1, -0.05) is 24.3 Å². The second-order valence-corrected chi connectivity index (χ2v) is 4.78. The number of nitrogens with one attached hydrogen (secondary N) is 1. The number of hydrogen-bond donors (Lipinski definition) is 2. The molecule has 98 valence electrons. The summed E-state index contributed by atoms with van der Waals surface area (Å²) in [5.41, 5.74) is 7.47. The summed E-state index contributed by atoms with van der Waals surface area (Å²) >= 11 is 3.06. The molecule has 0 aromatic heterocycles. The predicted octanol–water partition coefficient (Wildman–Crippen LogP) is 3.10. The fraction of sp³-hybridized carbons (Fsp3) is 0.0714. The highest BCUT2D eigenvalue weighted by Crippen LogP contribution is 2.20. The van der Waals surface area contributed by atoms with Crippen LogP contribution < -0.4 is 11.1 Å². The van der Waals surface area contributed by atoms with Crippen molar-refractivity contribution in [2.45, 2.75) is 6.54 Å². The SMILES string of the molecule is Nc1ccccc1CNC(=O)c1cccc(F)c1Br. The molecule has 5 heteroatoms. The first-order valence-electron chi connectivity index (χ1n) is 5.65. The van der Waals surface area contributed by atoms with Gasteiger partial charge in [0.15, 0.2) is 0 Å². The molecule has 2 aromatic rings. The van der Waals surface area contributed by atoms with E-state index in [0.717, 1.165) is 5.56 Å². The third kappa shape index (κ3) is 3.12. The molecule has 0 saturated carbocycles. The van der Waals surface area contributed by atoms with Crippen LogP contribution in [0.25, 0.3) is 0 Å². The third-order valence-electron chi connectivity index (χ3n) is 2.69. The first-order chi connectivity index (χ1) is 9.09. The van der Waals surface area contributed by atoms with E-state index in [4.69, 9.17) is 5.73 Å². The molecule has 2 rings (SSSR count). The first-order valence-corrected chi connectivity index (χ1v) is 6.44. The van der Waals surface area contributed by atoms with E-state index in [0.29, 0.717) is 12.2 Å². The lowest BCUT2D eigenvalue weighted by Gasteiger charge is -2.09. The molecule has 2 aromatic carbocycles. The molecule has 3 N–H and O–H groups in total. The van der Waals surface area contributed by atoms with Crippen LogP contribution in [0.5, 0.6) is 0 Å². The van der Waals surface area contributed by atoms with E-state index in [9.17, 15) is 9.18 Å². The summed E-state index contributed by atoms with van der Waals surface area (Å²) in [6.07, 6.45) is 0. The fourth-order valence-corrected chi connectivity index (χ4v) is 2.09. The number of rotatable bonds is 3. The van der Waals surface area contributed by atoms with Crippen molar-refractivity contribution in [3.05, 3.63) is 63.9 Å². The second kappa shape index (κ2) is 5.84. The lowest BCUT2D eigenvalue weighted by atomic mass is 10.1. The van der Waals surface area contributed by atoms with Crippen molar-refractivity contribution in [1.29, 1.82) is 0 Å². The number of carbonyl (C=O) groups is 1. The Balaban J connectivity index is 2.10. The number of hydrogen-bond acceptors (Lipinski definition) is 2. The molecule has 0 aliphatic carbocycles. The maximum atomic E-state index is 13.3. The highest BCUT2D eigenvalue weighted by Gasteiger charge is 2.12. The standard InChI is InChI=1S/C14H12BrFN2O/c15-13-10(5-3-6-11(13)16)14(19)18-8-9-4-1-2-7-12(9)17/h1-7H,8,17H2,(H,18,19). The maximum Gasteiger partial charge on any atom is 0.252 e. The van der Waals surface area contributed by atoms with Crippen LogP contribution in [0.4, 0.5) is 10.1 Å². The summed E-state index contributed by atoms with van der Waals surface area (Å²) in [6, 6.07) is 11.6. The molecule has 3 nitrogen and oxygen atoms in total. The van der Waals surface area contributed by atoms with Crippen LogP contribution in [0.3, 0.4) is 0 Å². The monoisotopic (exact) mass is 322 g/mol. The van der Waals surface area contributed by atoms with Gasteiger partial charge in [0.2, 0.25) is 0 Å². The Morgan fingerprint density at radius 2 is 1.95 bits per heavy atom. The zero-order valence-corrected chi connectivity index (χ0v) is 11.6. The van der Waals surface area contributed by atoms with Gasteiger partial charge < -0.3 is 11.1 Å². The van der Waals surface area contributed by atoms with E-state index in [-0.39, 0.29) is 15.9 Å². The zero-order valence-electron chi connectivity index (χ0n) is 9.99. The summed E-state index contributed by atoms with van der Waals surface area (Å²) in [5.74, 6) is -0.818. The minimum absolute atomic E-state index is 0.161. The topological polar surface area (TPSA) is 55.1 Å². The van der Waals surface area contributed by atoms with Gasteiger partial charge in [0.1, 0.15) is 5.82 Å².